The number of fused-ring (bicyclic) bond motifs is 1. The maximum atomic E-state index is 13.1. The molecule has 0 saturated heterocycles. The quantitative estimate of drug-likeness (QED) is 0.310. The van der Waals surface area contributed by atoms with Gasteiger partial charge in [0, 0.05) is 18.4 Å². The number of guanidine groups is 1. The highest BCUT2D eigenvalue weighted by atomic mass is 16.1. The lowest BCUT2D eigenvalue weighted by Crippen LogP contribution is -2.46. The minimum absolute atomic E-state index is 0.161. The number of nitrogens with zero attached hydrogens (tertiary/aromatic N) is 1. The summed E-state index contributed by atoms with van der Waals surface area (Å²) in [5.41, 5.74) is 14.0. The normalized spacial score (nSPS) is 30.6. The van der Waals surface area contributed by atoms with Gasteiger partial charge in [-0.05, 0) is 67.8 Å². The molecule has 3 atom stereocenters. The highest BCUT2D eigenvalue weighted by Crippen LogP contribution is 2.73. The van der Waals surface area contributed by atoms with Crippen molar-refractivity contribution in [3.63, 3.8) is 0 Å². The van der Waals surface area contributed by atoms with E-state index in [4.69, 9.17) is 11.5 Å². The number of ketones is 1. The number of rotatable bonds is 10. The second-order valence-electron chi connectivity index (χ2n) is 10.0. The molecule has 28 heavy (non-hydrogen) atoms. The van der Waals surface area contributed by atoms with Crippen LogP contribution >= 0.6 is 0 Å². The first-order valence-corrected chi connectivity index (χ1v) is 11.7. The number of hydrogen-bond donors (Lipinski definition) is 2. The zero-order valence-electron chi connectivity index (χ0n) is 18.4. The third-order valence-corrected chi connectivity index (χ3v) is 8.40. The predicted molar refractivity (Wildman–Crippen MR) is 117 cm³/mol. The first-order chi connectivity index (χ1) is 13.3. The minimum Gasteiger partial charge on any atom is -0.370 e. The second-order valence-corrected chi connectivity index (χ2v) is 10.0. The molecule has 0 radical (unpaired) electrons. The molecule has 2 saturated carbocycles. The van der Waals surface area contributed by atoms with Crippen LogP contribution in [0.4, 0.5) is 0 Å². The number of nitrogens with two attached hydrogens (primary N) is 2. The molecule has 0 aromatic carbocycles. The zero-order valence-corrected chi connectivity index (χ0v) is 18.4. The molecule has 3 aliphatic carbocycles. The largest absolute Gasteiger partial charge is 0.370 e. The van der Waals surface area contributed by atoms with Crippen LogP contribution in [0.3, 0.4) is 0 Å². The van der Waals surface area contributed by atoms with Crippen LogP contribution in [0.15, 0.2) is 16.1 Å². The van der Waals surface area contributed by atoms with E-state index in [1.54, 1.807) is 5.57 Å². The van der Waals surface area contributed by atoms with Crippen molar-refractivity contribution in [2.45, 2.75) is 97.8 Å². The molecular weight excluding hydrogens is 346 g/mol. The molecule has 4 nitrogen and oxygen atoms in total. The van der Waals surface area contributed by atoms with E-state index < -0.39 is 0 Å². The Labute approximate surface area is 171 Å². The number of hydrogen-bond acceptors (Lipinski definition) is 2. The van der Waals surface area contributed by atoms with E-state index in [2.05, 4.69) is 25.8 Å². The average Bonchev–Trinajstić information content (AvgIpc) is 2.94. The van der Waals surface area contributed by atoms with Crippen molar-refractivity contribution in [1.82, 2.24) is 0 Å². The van der Waals surface area contributed by atoms with Crippen molar-refractivity contribution in [2.75, 3.05) is 6.54 Å². The monoisotopic (exact) mass is 387 g/mol. The van der Waals surface area contributed by atoms with Crippen molar-refractivity contribution in [2.24, 2.45) is 39.1 Å². The lowest BCUT2D eigenvalue weighted by Gasteiger charge is -2.52. The van der Waals surface area contributed by atoms with Gasteiger partial charge in [-0.15, -0.1) is 0 Å². The molecule has 0 aliphatic heterocycles. The van der Waals surface area contributed by atoms with Gasteiger partial charge < -0.3 is 11.5 Å². The summed E-state index contributed by atoms with van der Waals surface area (Å²) in [7, 11) is 0. The van der Waals surface area contributed by atoms with E-state index in [-0.39, 0.29) is 16.8 Å². The van der Waals surface area contributed by atoms with E-state index in [0.29, 0.717) is 18.2 Å². The molecular formula is C24H41N3O. The molecule has 1 spiro atoms. The Kier molecular flexibility index (Phi) is 6.56. The summed E-state index contributed by atoms with van der Waals surface area (Å²) in [6.07, 6.45) is 14.1. The van der Waals surface area contributed by atoms with E-state index in [1.807, 2.05) is 0 Å². The van der Waals surface area contributed by atoms with Crippen molar-refractivity contribution >= 4 is 11.7 Å². The summed E-state index contributed by atoms with van der Waals surface area (Å²) in [5.74, 6) is 2.08. The molecule has 3 rings (SSSR count). The van der Waals surface area contributed by atoms with Crippen LogP contribution in [0.25, 0.3) is 0 Å². The number of carbonyl (C=O) groups is 1. The number of aliphatic imine (C=N–C) groups is 1. The van der Waals surface area contributed by atoms with Gasteiger partial charge >= 0.3 is 0 Å². The molecule has 0 amide bonds. The van der Waals surface area contributed by atoms with E-state index in [9.17, 15) is 4.79 Å². The van der Waals surface area contributed by atoms with E-state index in [0.717, 1.165) is 31.6 Å². The van der Waals surface area contributed by atoms with Gasteiger partial charge in [-0.1, -0.05) is 52.0 Å². The summed E-state index contributed by atoms with van der Waals surface area (Å²) in [6, 6.07) is 0. The summed E-state index contributed by atoms with van der Waals surface area (Å²) >= 11 is 0. The van der Waals surface area contributed by atoms with Gasteiger partial charge in [0.05, 0.1) is 0 Å². The SMILES string of the molecule is CCCCCC[C@@H]1CC[C@@H]2CC3=C(CCCCN=C(N)N)C(=O)C[C@@]31C2(C)C. The Morgan fingerprint density at radius 2 is 1.89 bits per heavy atom. The molecule has 4 heteroatoms. The van der Waals surface area contributed by atoms with Gasteiger partial charge in [0.1, 0.15) is 0 Å². The van der Waals surface area contributed by atoms with Crippen molar-refractivity contribution < 1.29 is 4.79 Å². The Morgan fingerprint density at radius 1 is 1.11 bits per heavy atom. The van der Waals surface area contributed by atoms with Crippen LogP contribution in [0, 0.1) is 22.7 Å². The van der Waals surface area contributed by atoms with Crippen LogP contribution in [-0.4, -0.2) is 18.3 Å². The van der Waals surface area contributed by atoms with Crippen molar-refractivity contribution in [1.29, 1.82) is 0 Å². The van der Waals surface area contributed by atoms with Crippen LogP contribution in [0.5, 0.6) is 0 Å². The van der Waals surface area contributed by atoms with Gasteiger partial charge in [-0.3, -0.25) is 9.79 Å². The van der Waals surface area contributed by atoms with Gasteiger partial charge in [0.15, 0.2) is 11.7 Å². The maximum Gasteiger partial charge on any atom is 0.185 e. The van der Waals surface area contributed by atoms with Crippen LogP contribution in [0.1, 0.15) is 97.8 Å². The fourth-order valence-electron chi connectivity index (χ4n) is 6.84. The van der Waals surface area contributed by atoms with Crippen LogP contribution in [0.2, 0.25) is 0 Å². The second kappa shape index (κ2) is 8.59. The summed E-state index contributed by atoms with van der Waals surface area (Å²) in [6.45, 7) is 7.88. The third kappa shape index (κ3) is 3.64. The average molecular weight is 388 g/mol. The third-order valence-electron chi connectivity index (χ3n) is 8.40. The Bertz CT molecular complexity index is 644. The molecule has 0 unspecified atom stereocenters. The predicted octanol–water partition coefficient (Wildman–Crippen LogP) is 5.11. The molecule has 0 aromatic heterocycles. The fourth-order valence-corrected chi connectivity index (χ4v) is 6.84. The van der Waals surface area contributed by atoms with E-state index in [1.165, 1.54) is 56.9 Å². The van der Waals surface area contributed by atoms with Gasteiger partial charge in [-0.2, -0.15) is 0 Å². The fraction of sp³-hybridized carbons (Fsp3) is 0.833. The standard InChI is InChI=1S/C24H41N3O/c1-4-5-6-7-10-17-12-13-18-15-20-19(11-8-9-14-27-22(25)26)21(28)16-24(17,20)23(18,2)3/h17-18H,4-16H2,1-3H3,(H4,25,26,27)/t17-,18-,24+/m1/s1. The molecule has 0 aromatic rings. The molecule has 3 aliphatic rings. The molecule has 4 N–H and O–H groups in total. The van der Waals surface area contributed by atoms with Crippen molar-refractivity contribution in [3.8, 4) is 0 Å². The van der Waals surface area contributed by atoms with Crippen LogP contribution in [-0.2, 0) is 4.79 Å². The van der Waals surface area contributed by atoms with Crippen LogP contribution < -0.4 is 11.5 Å². The summed E-state index contributed by atoms with van der Waals surface area (Å²) < 4.78 is 0. The molecule has 2 fully saturated rings. The lowest BCUT2D eigenvalue weighted by atomic mass is 9.51. The Morgan fingerprint density at radius 3 is 2.61 bits per heavy atom. The first-order valence-electron chi connectivity index (χ1n) is 11.7. The number of unbranched alkanes of at least 4 members (excludes halogenated alkanes) is 4. The Hall–Kier alpha value is -1.32. The van der Waals surface area contributed by atoms with E-state index >= 15 is 0 Å². The number of Topliss-reactive ketones (excluding diaryl/α,β-unsaturated/α-hetero) is 1. The lowest BCUT2D eigenvalue weighted by molar-refractivity contribution is -0.120. The smallest absolute Gasteiger partial charge is 0.185 e. The van der Waals surface area contributed by atoms with Gasteiger partial charge in [-0.25, -0.2) is 0 Å². The number of allylic oxidation sites excluding steroid dienone is 2. The first kappa shape index (κ1) is 21.4. The summed E-state index contributed by atoms with van der Waals surface area (Å²) in [4.78, 5) is 17.2. The Balaban J connectivity index is 1.77. The highest BCUT2D eigenvalue weighted by Gasteiger charge is 2.66. The highest BCUT2D eigenvalue weighted by molar-refractivity contribution is 6.00. The summed E-state index contributed by atoms with van der Waals surface area (Å²) in [5, 5.41) is 0. The molecule has 158 valence electrons. The topological polar surface area (TPSA) is 81.5 Å². The van der Waals surface area contributed by atoms with Gasteiger partial charge in [0.25, 0.3) is 0 Å². The number of carbonyl (C=O) groups excluding carboxylic acids is 1. The molecule has 0 heterocycles. The van der Waals surface area contributed by atoms with Crippen molar-refractivity contribution in [3.05, 3.63) is 11.1 Å². The molecule has 2 bridgehead atoms. The minimum atomic E-state index is 0.161. The zero-order chi connectivity index (χ0) is 20.4. The maximum absolute atomic E-state index is 13.1. The van der Waals surface area contributed by atoms with Gasteiger partial charge in [0.2, 0.25) is 0 Å².